The fraction of sp³-hybridized carbons (Fsp3) is 0.125. The van der Waals surface area contributed by atoms with Gasteiger partial charge in [0.15, 0.2) is 5.01 Å². The summed E-state index contributed by atoms with van der Waals surface area (Å²) in [6, 6.07) is 19.9. The average molecular weight is 465 g/mol. The molecule has 8 heteroatoms. The summed E-state index contributed by atoms with van der Waals surface area (Å²) >= 11 is 2.82. The second-order valence-corrected chi connectivity index (χ2v) is 9.16. The molecule has 0 aliphatic carbocycles. The van der Waals surface area contributed by atoms with Gasteiger partial charge in [0.2, 0.25) is 5.13 Å². The van der Waals surface area contributed by atoms with Gasteiger partial charge in [0, 0.05) is 21.9 Å². The summed E-state index contributed by atoms with van der Waals surface area (Å²) in [4.78, 5) is 13.3. The van der Waals surface area contributed by atoms with E-state index in [2.05, 4.69) is 20.8 Å². The molecule has 162 valence electrons. The third-order valence-electron chi connectivity index (χ3n) is 4.87. The second kappa shape index (κ2) is 9.93. The van der Waals surface area contributed by atoms with Crippen molar-refractivity contribution in [3.05, 3.63) is 89.2 Å². The van der Waals surface area contributed by atoms with Crippen molar-refractivity contribution in [2.45, 2.75) is 24.5 Å². The molecule has 0 fully saturated rings. The maximum atomic E-state index is 14.0. The topological polar surface area (TPSA) is 66.9 Å². The highest BCUT2D eigenvalue weighted by Gasteiger charge is 2.14. The molecule has 0 bridgehead atoms. The Hall–Kier alpha value is -3.23. The highest BCUT2D eigenvalue weighted by Crippen LogP contribution is 2.36. The van der Waals surface area contributed by atoms with E-state index >= 15 is 0 Å². The molecule has 1 aromatic heterocycles. The molecule has 4 rings (SSSR count). The number of hydrogen-bond donors (Lipinski definition) is 2. The van der Waals surface area contributed by atoms with Gasteiger partial charge in [-0.3, -0.25) is 5.32 Å². The number of amides is 2. The van der Waals surface area contributed by atoms with Crippen LogP contribution in [0.5, 0.6) is 0 Å². The van der Waals surface area contributed by atoms with Crippen LogP contribution in [0.15, 0.2) is 71.6 Å². The molecule has 3 aromatic carbocycles. The van der Waals surface area contributed by atoms with Crippen molar-refractivity contribution in [3.63, 3.8) is 0 Å². The van der Waals surface area contributed by atoms with Crippen molar-refractivity contribution >= 4 is 39.9 Å². The molecule has 32 heavy (non-hydrogen) atoms. The number of aromatic nitrogens is 2. The number of carbonyl (C=O) groups excluding carboxylic acids is 1. The number of urea groups is 1. The molecule has 0 saturated carbocycles. The summed E-state index contributed by atoms with van der Waals surface area (Å²) in [7, 11) is 0. The van der Waals surface area contributed by atoms with Crippen molar-refractivity contribution < 1.29 is 9.18 Å². The van der Waals surface area contributed by atoms with E-state index in [1.165, 1.54) is 29.2 Å². The van der Waals surface area contributed by atoms with Gasteiger partial charge < -0.3 is 5.32 Å². The van der Waals surface area contributed by atoms with Crippen LogP contribution in [-0.2, 0) is 5.75 Å². The van der Waals surface area contributed by atoms with Crippen LogP contribution in [0.25, 0.3) is 10.6 Å². The van der Waals surface area contributed by atoms with Gasteiger partial charge in [-0.1, -0.05) is 53.8 Å². The van der Waals surface area contributed by atoms with E-state index in [9.17, 15) is 9.18 Å². The zero-order valence-corrected chi connectivity index (χ0v) is 19.2. The normalized spacial score (nSPS) is 10.7. The number of nitrogens with one attached hydrogen (secondary N) is 2. The number of carbonyl (C=O) groups is 1. The van der Waals surface area contributed by atoms with Gasteiger partial charge in [-0.15, -0.1) is 22.0 Å². The van der Waals surface area contributed by atoms with Gasteiger partial charge in [0.25, 0.3) is 0 Å². The van der Waals surface area contributed by atoms with E-state index in [4.69, 9.17) is 0 Å². The zero-order chi connectivity index (χ0) is 22.5. The van der Waals surface area contributed by atoms with E-state index in [1.54, 1.807) is 12.1 Å². The number of rotatable bonds is 6. The first-order valence-electron chi connectivity index (χ1n) is 9.94. The molecule has 0 atom stereocenters. The Balaban J connectivity index is 1.44. The molecule has 4 aromatic rings. The fourth-order valence-corrected chi connectivity index (χ4v) is 4.88. The predicted molar refractivity (Wildman–Crippen MR) is 130 cm³/mol. The number of nitrogens with zero attached hydrogens (tertiary/aromatic N) is 2. The van der Waals surface area contributed by atoms with Gasteiger partial charge in [0.1, 0.15) is 5.82 Å². The van der Waals surface area contributed by atoms with Crippen LogP contribution >= 0.6 is 23.1 Å². The largest absolute Gasteiger partial charge is 0.325 e. The van der Waals surface area contributed by atoms with Crippen LogP contribution in [0, 0.1) is 19.7 Å². The third kappa shape index (κ3) is 5.33. The summed E-state index contributed by atoms with van der Waals surface area (Å²) in [6.45, 7) is 4.02. The minimum absolute atomic E-state index is 0.213. The molecule has 2 N–H and O–H groups in total. The predicted octanol–water partition coefficient (Wildman–Crippen LogP) is 6.90. The molecule has 0 spiro atoms. The minimum atomic E-state index is -0.377. The van der Waals surface area contributed by atoms with E-state index in [0.29, 0.717) is 27.1 Å². The van der Waals surface area contributed by atoms with E-state index < -0.39 is 0 Å². The number of halogens is 1. The number of aryl methyl sites for hydroxylation is 2. The highest BCUT2D eigenvalue weighted by atomic mass is 32.2. The molecule has 1 heterocycles. The maximum Gasteiger partial charge on any atom is 0.325 e. The number of hydrogen-bond acceptors (Lipinski definition) is 5. The van der Waals surface area contributed by atoms with Crippen LogP contribution in [0.1, 0.15) is 16.7 Å². The first-order valence-corrected chi connectivity index (χ1v) is 11.7. The Morgan fingerprint density at radius 3 is 2.56 bits per heavy atom. The highest BCUT2D eigenvalue weighted by molar-refractivity contribution is 7.98. The number of anilines is 2. The lowest BCUT2D eigenvalue weighted by atomic mass is 10.1. The number of thioether (sulfide) groups is 1. The van der Waals surface area contributed by atoms with Crippen LogP contribution < -0.4 is 10.6 Å². The summed E-state index contributed by atoms with van der Waals surface area (Å²) in [5.74, 6) is 0.293. The zero-order valence-electron chi connectivity index (χ0n) is 17.6. The first kappa shape index (κ1) is 22.0. The Bertz CT molecular complexity index is 1260. The van der Waals surface area contributed by atoms with Crippen LogP contribution in [0.3, 0.4) is 0 Å². The molecular weight excluding hydrogens is 443 g/mol. The Morgan fingerprint density at radius 2 is 1.75 bits per heavy atom. The molecule has 5 nitrogen and oxygen atoms in total. The SMILES string of the molecule is Cc1ccc(NC(=O)Nc2nnc(-c3ccccc3SCc3ccccc3F)s2)cc1C. The van der Waals surface area contributed by atoms with Gasteiger partial charge in [-0.2, -0.15) is 0 Å². The maximum absolute atomic E-state index is 14.0. The van der Waals surface area contributed by atoms with Gasteiger partial charge in [-0.05, 0) is 54.8 Å². The van der Waals surface area contributed by atoms with Gasteiger partial charge in [-0.25, -0.2) is 9.18 Å². The summed E-state index contributed by atoms with van der Waals surface area (Å²) in [6.07, 6.45) is 0. The lowest BCUT2D eigenvalue weighted by Crippen LogP contribution is -2.19. The van der Waals surface area contributed by atoms with Crippen LogP contribution in [0.2, 0.25) is 0 Å². The van der Waals surface area contributed by atoms with Crippen molar-refractivity contribution in [2.75, 3.05) is 10.6 Å². The molecular formula is C24H21FN4OS2. The van der Waals surface area contributed by atoms with Crippen molar-refractivity contribution in [1.82, 2.24) is 10.2 Å². The summed E-state index contributed by atoms with van der Waals surface area (Å²) in [5.41, 5.74) is 4.52. The first-order chi connectivity index (χ1) is 15.5. The monoisotopic (exact) mass is 464 g/mol. The molecule has 2 amide bonds. The van der Waals surface area contributed by atoms with Crippen molar-refractivity contribution in [2.24, 2.45) is 0 Å². The quantitative estimate of drug-likeness (QED) is 0.305. The molecule has 0 saturated heterocycles. The molecule has 0 aliphatic rings. The second-order valence-electron chi connectivity index (χ2n) is 7.17. The Kier molecular flexibility index (Phi) is 6.82. The standard InChI is InChI=1S/C24H21FN4OS2/c1-15-11-12-18(13-16(15)2)26-23(30)27-24-29-28-22(32-24)19-8-4-6-10-21(19)31-14-17-7-3-5-9-20(17)25/h3-13H,14H2,1-2H3,(H2,26,27,29,30). The fourth-order valence-electron chi connectivity index (χ4n) is 3.00. The van der Waals surface area contributed by atoms with Crippen LogP contribution in [-0.4, -0.2) is 16.2 Å². The van der Waals surface area contributed by atoms with Gasteiger partial charge in [0.05, 0.1) is 0 Å². The lowest BCUT2D eigenvalue weighted by Gasteiger charge is -2.08. The molecule has 0 aliphatic heterocycles. The summed E-state index contributed by atoms with van der Waals surface area (Å²) < 4.78 is 14.0. The van der Waals surface area contributed by atoms with E-state index in [0.717, 1.165) is 21.6 Å². The third-order valence-corrected chi connectivity index (χ3v) is 6.86. The smallest absolute Gasteiger partial charge is 0.308 e. The molecule has 0 unspecified atom stereocenters. The average Bonchev–Trinajstić information content (AvgIpc) is 3.24. The number of benzene rings is 3. The molecule has 0 radical (unpaired) electrons. The Morgan fingerprint density at radius 1 is 0.969 bits per heavy atom. The minimum Gasteiger partial charge on any atom is -0.308 e. The summed E-state index contributed by atoms with van der Waals surface area (Å²) in [5, 5.41) is 15.0. The van der Waals surface area contributed by atoms with Gasteiger partial charge >= 0.3 is 6.03 Å². The Labute approximate surface area is 194 Å². The lowest BCUT2D eigenvalue weighted by molar-refractivity contribution is 0.262. The van der Waals surface area contributed by atoms with Crippen LogP contribution in [0.4, 0.5) is 20.0 Å². The van der Waals surface area contributed by atoms with E-state index in [-0.39, 0.29) is 11.8 Å². The van der Waals surface area contributed by atoms with E-state index in [1.807, 2.05) is 62.4 Å². The van der Waals surface area contributed by atoms with Crippen molar-refractivity contribution in [1.29, 1.82) is 0 Å². The van der Waals surface area contributed by atoms with Crippen molar-refractivity contribution in [3.8, 4) is 10.6 Å².